The molecule has 0 amide bonds. The Balaban J connectivity index is 4.68. The third kappa shape index (κ3) is 43.6. The molecule has 5 N–H and O–H groups in total. The summed E-state index contributed by atoms with van der Waals surface area (Å²) in [4.78, 5) is 52.7. The summed E-state index contributed by atoms with van der Waals surface area (Å²) in [5.74, 6) is -1.15. The molecule has 354 valence electrons. The molecule has 14 nitrogen and oxygen atoms in total. The van der Waals surface area contributed by atoms with Gasteiger partial charge in [-0.3, -0.25) is 23.2 Å². The molecular formula is C46H76O14P2. The van der Waals surface area contributed by atoms with Crippen molar-refractivity contribution in [2.75, 3.05) is 26.4 Å². The molecule has 0 heterocycles. The van der Waals surface area contributed by atoms with Crippen LogP contribution in [-0.2, 0) is 41.8 Å². The first kappa shape index (κ1) is 59.0. The van der Waals surface area contributed by atoms with Crippen molar-refractivity contribution in [3.05, 3.63) is 97.2 Å². The molecule has 0 aliphatic heterocycles. The Labute approximate surface area is 371 Å². The molecule has 0 rings (SSSR count). The SMILES string of the molecule is CC/C=C\C/C=C\C/C=C\C/C=C\CCCCCCC(=O)OC[C@H](COP(=O)(O)OC[C@@H](O)COP(=O)(O)O)OC(=O)CCC/C=C\C/C=C\C/C=C\C/C=C\CC[C@H](O)CC. The molecule has 0 bridgehead atoms. The van der Waals surface area contributed by atoms with E-state index in [1.807, 2.05) is 19.1 Å². The van der Waals surface area contributed by atoms with Crippen LogP contribution in [0.5, 0.6) is 0 Å². The minimum Gasteiger partial charge on any atom is -0.462 e. The smallest absolute Gasteiger partial charge is 0.462 e. The number of esters is 2. The van der Waals surface area contributed by atoms with Crippen LogP contribution < -0.4 is 0 Å². The maximum absolute atomic E-state index is 12.6. The van der Waals surface area contributed by atoms with E-state index in [-0.39, 0.29) is 18.9 Å². The zero-order valence-corrected chi connectivity index (χ0v) is 38.8. The molecule has 0 aromatic carbocycles. The number of rotatable bonds is 40. The molecule has 62 heavy (non-hydrogen) atoms. The van der Waals surface area contributed by atoms with Gasteiger partial charge in [-0.25, -0.2) is 9.13 Å². The number of hydrogen-bond donors (Lipinski definition) is 5. The average Bonchev–Trinajstić information content (AvgIpc) is 3.23. The number of carbonyl (C=O) groups is 2. The molecule has 0 spiro atoms. The zero-order valence-electron chi connectivity index (χ0n) is 37.0. The lowest BCUT2D eigenvalue weighted by molar-refractivity contribution is -0.161. The second kappa shape index (κ2) is 40.8. The third-order valence-corrected chi connectivity index (χ3v) is 10.0. The summed E-state index contributed by atoms with van der Waals surface area (Å²) in [7, 11) is -9.72. The lowest BCUT2D eigenvalue weighted by Gasteiger charge is -2.20. The highest BCUT2D eigenvalue weighted by atomic mass is 31.2. The minimum atomic E-state index is -4.88. The van der Waals surface area contributed by atoms with Crippen LogP contribution in [0.3, 0.4) is 0 Å². The number of hydrogen-bond acceptors (Lipinski definition) is 11. The van der Waals surface area contributed by atoms with Gasteiger partial charge in [-0.1, -0.05) is 124 Å². The van der Waals surface area contributed by atoms with Crippen molar-refractivity contribution >= 4 is 27.6 Å². The van der Waals surface area contributed by atoms with Gasteiger partial charge in [0.25, 0.3) is 0 Å². The van der Waals surface area contributed by atoms with E-state index >= 15 is 0 Å². The topological polar surface area (TPSA) is 216 Å². The molecule has 16 heteroatoms. The Morgan fingerprint density at radius 1 is 0.500 bits per heavy atom. The van der Waals surface area contributed by atoms with Crippen molar-refractivity contribution in [2.45, 2.75) is 154 Å². The quantitative estimate of drug-likeness (QED) is 0.0167. The van der Waals surface area contributed by atoms with E-state index < -0.39 is 66.2 Å². The summed E-state index contributed by atoms with van der Waals surface area (Å²) in [6.07, 6.45) is 44.9. The van der Waals surface area contributed by atoms with Gasteiger partial charge in [0.05, 0.1) is 25.9 Å². The second-order valence-corrected chi connectivity index (χ2v) is 17.1. The molecule has 0 fully saturated rings. The normalized spacial score (nSPS) is 15.4. The highest BCUT2D eigenvalue weighted by Crippen LogP contribution is 2.43. The number of ether oxygens (including phenoxy) is 2. The van der Waals surface area contributed by atoms with Crippen LogP contribution in [0.2, 0.25) is 0 Å². The van der Waals surface area contributed by atoms with Gasteiger partial charge in [0.2, 0.25) is 0 Å². The third-order valence-electron chi connectivity index (χ3n) is 8.61. The van der Waals surface area contributed by atoms with E-state index in [0.717, 1.165) is 89.9 Å². The van der Waals surface area contributed by atoms with Gasteiger partial charge >= 0.3 is 27.6 Å². The second-order valence-electron chi connectivity index (χ2n) is 14.4. The summed E-state index contributed by atoms with van der Waals surface area (Å²) in [6.45, 7) is 1.25. The summed E-state index contributed by atoms with van der Waals surface area (Å²) < 4.78 is 47.7. The fourth-order valence-electron chi connectivity index (χ4n) is 5.13. The van der Waals surface area contributed by atoms with Crippen LogP contribution in [-0.4, -0.2) is 81.6 Å². The van der Waals surface area contributed by atoms with Crippen molar-refractivity contribution < 1.29 is 66.7 Å². The maximum Gasteiger partial charge on any atom is 0.472 e. The predicted molar refractivity (Wildman–Crippen MR) is 245 cm³/mol. The molecular weight excluding hydrogens is 838 g/mol. The van der Waals surface area contributed by atoms with Crippen LogP contribution in [0.15, 0.2) is 97.2 Å². The predicted octanol–water partition coefficient (Wildman–Crippen LogP) is 10.3. The zero-order chi connectivity index (χ0) is 46.0. The number of phosphoric acid groups is 2. The lowest BCUT2D eigenvalue weighted by atomic mass is 10.1. The summed E-state index contributed by atoms with van der Waals surface area (Å²) in [5, 5.41) is 19.3. The van der Waals surface area contributed by atoms with E-state index in [0.29, 0.717) is 19.3 Å². The molecule has 0 saturated heterocycles. The van der Waals surface area contributed by atoms with Gasteiger partial charge in [0.1, 0.15) is 12.7 Å². The van der Waals surface area contributed by atoms with E-state index in [2.05, 4.69) is 101 Å². The summed E-state index contributed by atoms with van der Waals surface area (Å²) in [5.41, 5.74) is 0. The van der Waals surface area contributed by atoms with Gasteiger partial charge in [-0.05, 0) is 96.3 Å². The van der Waals surface area contributed by atoms with Crippen molar-refractivity contribution in [1.82, 2.24) is 0 Å². The van der Waals surface area contributed by atoms with Crippen molar-refractivity contribution in [1.29, 1.82) is 0 Å². The van der Waals surface area contributed by atoms with E-state index in [4.69, 9.17) is 23.8 Å². The number of unbranched alkanes of at least 4 members (excludes halogenated alkanes) is 5. The molecule has 0 aliphatic rings. The number of carbonyl (C=O) groups excluding carboxylic acids is 2. The number of allylic oxidation sites excluding steroid dienone is 16. The monoisotopic (exact) mass is 914 g/mol. The largest absolute Gasteiger partial charge is 0.472 e. The summed E-state index contributed by atoms with van der Waals surface area (Å²) >= 11 is 0. The number of phosphoric ester groups is 2. The van der Waals surface area contributed by atoms with Crippen LogP contribution >= 0.6 is 15.6 Å². The van der Waals surface area contributed by atoms with Crippen LogP contribution in [0.1, 0.15) is 136 Å². The Kier molecular flexibility index (Phi) is 38.8. The van der Waals surface area contributed by atoms with E-state index in [1.165, 1.54) is 0 Å². The highest BCUT2D eigenvalue weighted by molar-refractivity contribution is 7.47. The Hall–Kier alpha value is -3.00. The van der Waals surface area contributed by atoms with Crippen LogP contribution in [0, 0.1) is 0 Å². The lowest BCUT2D eigenvalue weighted by Crippen LogP contribution is -2.29. The van der Waals surface area contributed by atoms with Crippen LogP contribution in [0.25, 0.3) is 0 Å². The molecule has 0 aromatic rings. The van der Waals surface area contributed by atoms with Gasteiger partial charge < -0.3 is 34.4 Å². The van der Waals surface area contributed by atoms with E-state index in [1.54, 1.807) is 0 Å². The first-order chi connectivity index (χ1) is 29.8. The van der Waals surface area contributed by atoms with Crippen molar-refractivity contribution in [3.63, 3.8) is 0 Å². The molecule has 1 unspecified atom stereocenters. The van der Waals surface area contributed by atoms with Crippen molar-refractivity contribution in [2.24, 2.45) is 0 Å². The number of aliphatic hydroxyl groups is 2. The number of aliphatic hydroxyl groups excluding tert-OH is 2. The van der Waals surface area contributed by atoms with Crippen LogP contribution in [0.4, 0.5) is 0 Å². The first-order valence-electron chi connectivity index (χ1n) is 22.0. The standard InChI is InChI=1S/C46H76O14P2/c1-3-5-6-7-8-9-10-11-12-13-14-18-21-24-27-30-33-36-45(49)56-40-44(41-59-62(54,55)58-39-43(48)38-57-61(51,52)53)60-46(50)37-34-31-28-25-22-19-16-15-17-20-23-26-29-32-35-42(47)4-2/h5-6,8-9,11-12,14,16-20,25-26,28-29,42-44,47-48H,3-4,7,10,13,15,21-24,27,30-41H2,1-2H3,(H,54,55)(H2,51,52,53)/b6-5-,9-8-,12-11-,18-14-,19-16-,20-17-,28-25-,29-26-/t42-,43+,44-/m1/s1. The summed E-state index contributed by atoms with van der Waals surface area (Å²) in [6, 6.07) is 0. The van der Waals surface area contributed by atoms with Gasteiger partial charge in [-0.15, -0.1) is 0 Å². The van der Waals surface area contributed by atoms with Gasteiger partial charge in [-0.2, -0.15) is 0 Å². The molecule has 0 aromatic heterocycles. The molecule has 0 aliphatic carbocycles. The highest BCUT2D eigenvalue weighted by Gasteiger charge is 2.28. The maximum atomic E-state index is 12.6. The molecule has 4 atom stereocenters. The fourth-order valence-corrected chi connectivity index (χ4v) is 6.29. The van der Waals surface area contributed by atoms with Crippen molar-refractivity contribution in [3.8, 4) is 0 Å². The van der Waals surface area contributed by atoms with E-state index in [9.17, 15) is 33.8 Å². The average molecular weight is 915 g/mol. The molecule has 0 saturated carbocycles. The van der Waals surface area contributed by atoms with Gasteiger partial charge in [0.15, 0.2) is 6.10 Å². The Morgan fingerprint density at radius 3 is 1.48 bits per heavy atom. The minimum absolute atomic E-state index is 0.0308. The molecule has 0 radical (unpaired) electrons. The Bertz CT molecular complexity index is 1480. The fraction of sp³-hybridized carbons (Fsp3) is 0.609. The Morgan fingerprint density at radius 2 is 0.952 bits per heavy atom. The first-order valence-corrected chi connectivity index (χ1v) is 25.0. The van der Waals surface area contributed by atoms with Gasteiger partial charge in [0, 0.05) is 12.8 Å².